The van der Waals surface area contributed by atoms with E-state index in [1.165, 1.54) is 12.8 Å². The van der Waals surface area contributed by atoms with Gasteiger partial charge >= 0.3 is 0 Å². The van der Waals surface area contributed by atoms with Gasteiger partial charge in [-0.3, -0.25) is 9.59 Å². The Morgan fingerprint density at radius 1 is 1.08 bits per heavy atom. The van der Waals surface area contributed by atoms with Gasteiger partial charge in [-0.05, 0) is 50.4 Å². The lowest BCUT2D eigenvalue weighted by molar-refractivity contribution is -0.124. The molecule has 5 nitrogen and oxygen atoms in total. The van der Waals surface area contributed by atoms with Crippen LogP contribution in [-0.2, 0) is 11.3 Å². The first-order chi connectivity index (χ1) is 12.2. The summed E-state index contributed by atoms with van der Waals surface area (Å²) in [4.78, 5) is 26.8. The van der Waals surface area contributed by atoms with Crippen LogP contribution < -0.4 is 10.6 Å². The van der Waals surface area contributed by atoms with Crippen LogP contribution in [-0.4, -0.2) is 42.9 Å². The van der Waals surface area contributed by atoms with E-state index in [2.05, 4.69) is 10.6 Å². The Bertz CT molecular complexity index is 593. The van der Waals surface area contributed by atoms with E-state index in [4.69, 9.17) is 0 Å². The van der Waals surface area contributed by atoms with Gasteiger partial charge < -0.3 is 15.5 Å². The van der Waals surface area contributed by atoms with Gasteiger partial charge in [-0.2, -0.15) is 0 Å². The van der Waals surface area contributed by atoms with Gasteiger partial charge in [0.15, 0.2) is 0 Å². The van der Waals surface area contributed by atoms with Gasteiger partial charge in [-0.1, -0.05) is 25.0 Å². The lowest BCUT2D eigenvalue weighted by Gasteiger charge is -2.24. The molecule has 0 aromatic heterocycles. The molecule has 2 aliphatic rings. The van der Waals surface area contributed by atoms with Crippen LogP contribution in [0.3, 0.4) is 0 Å². The Morgan fingerprint density at radius 2 is 1.80 bits per heavy atom. The third-order valence-corrected chi connectivity index (χ3v) is 5.47. The van der Waals surface area contributed by atoms with Crippen molar-refractivity contribution in [2.75, 3.05) is 20.1 Å². The maximum Gasteiger partial charge on any atom is 0.254 e. The van der Waals surface area contributed by atoms with Gasteiger partial charge in [0.05, 0.1) is 0 Å². The number of benzene rings is 1. The molecule has 1 aliphatic heterocycles. The number of rotatable bonds is 6. The summed E-state index contributed by atoms with van der Waals surface area (Å²) in [6.45, 7) is 2.22. The molecule has 0 bridgehead atoms. The van der Waals surface area contributed by atoms with Crippen molar-refractivity contribution in [1.82, 2.24) is 15.5 Å². The molecule has 25 heavy (non-hydrogen) atoms. The van der Waals surface area contributed by atoms with Crippen LogP contribution in [0.2, 0.25) is 0 Å². The van der Waals surface area contributed by atoms with Crippen molar-refractivity contribution < 1.29 is 9.59 Å². The zero-order valence-electron chi connectivity index (χ0n) is 15.1. The van der Waals surface area contributed by atoms with Crippen LogP contribution in [0.1, 0.15) is 54.4 Å². The van der Waals surface area contributed by atoms with E-state index < -0.39 is 0 Å². The highest BCUT2D eigenvalue weighted by Gasteiger charge is 2.28. The second kappa shape index (κ2) is 8.48. The fourth-order valence-corrected chi connectivity index (χ4v) is 4.00. The van der Waals surface area contributed by atoms with Gasteiger partial charge in [0, 0.05) is 37.2 Å². The molecule has 1 saturated heterocycles. The zero-order valence-corrected chi connectivity index (χ0v) is 15.1. The molecule has 0 spiro atoms. The Balaban J connectivity index is 1.54. The molecule has 1 aromatic carbocycles. The lowest BCUT2D eigenvalue weighted by atomic mass is 10.1. The molecule has 1 atom stereocenters. The standard InChI is InChI=1S/C20H29N3O2/c1-21-14-18-7-4-12-23(18)20(25)17-10-8-15(9-11-17)13-22-19(24)16-5-2-3-6-16/h8-11,16,18,21H,2-7,12-14H2,1H3,(H,22,24). The average molecular weight is 343 g/mol. The maximum absolute atomic E-state index is 12.7. The molecule has 0 radical (unpaired) electrons. The Morgan fingerprint density at radius 3 is 2.48 bits per heavy atom. The summed E-state index contributed by atoms with van der Waals surface area (Å²) >= 11 is 0. The number of hydrogen-bond acceptors (Lipinski definition) is 3. The molecule has 3 rings (SSSR count). The van der Waals surface area contributed by atoms with Gasteiger partial charge in [-0.25, -0.2) is 0 Å². The fraction of sp³-hybridized carbons (Fsp3) is 0.600. The Labute approximate surface area is 150 Å². The molecule has 136 valence electrons. The van der Waals surface area contributed by atoms with E-state index in [1.54, 1.807) is 0 Å². The molecule has 1 aliphatic carbocycles. The third-order valence-electron chi connectivity index (χ3n) is 5.47. The summed E-state index contributed by atoms with van der Waals surface area (Å²) in [5.41, 5.74) is 1.77. The highest BCUT2D eigenvalue weighted by molar-refractivity contribution is 5.94. The number of hydrogen-bond donors (Lipinski definition) is 2. The van der Waals surface area contributed by atoms with E-state index in [-0.39, 0.29) is 17.7 Å². The van der Waals surface area contributed by atoms with Crippen LogP contribution in [0.5, 0.6) is 0 Å². The molecule has 1 saturated carbocycles. The van der Waals surface area contributed by atoms with E-state index in [0.717, 1.165) is 49.9 Å². The number of likely N-dealkylation sites (tertiary alicyclic amines) is 1. The predicted molar refractivity (Wildman–Crippen MR) is 98.2 cm³/mol. The summed E-state index contributed by atoms with van der Waals surface area (Å²) in [5, 5.41) is 6.20. The van der Waals surface area contributed by atoms with Crippen LogP contribution in [0.15, 0.2) is 24.3 Å². The van der Waals surface area contributed by atoms with E-state index >= 15 is 0 Å². The van der Waals surface area contributed by atoms with Crippen LogP contribution >= 0.6 is 0 Å². The molecular formula is C20H29N3O2. The van der Waals surface area contributed by atoms with Crippen molar-refractivity contribution >= 4 is 11.8 Å². The van der Waals surface area contributed by atoms with Crippen molar-refractivity contribution in [3.05, 3.63) is 35.4 Å². The topological polar surface area (TPSA) is 61.4 Å². The quantitative estimate of drug-likeness (QED) is 0.833. The molecular weight excluding hydrogens is 314 g/mol. The molecule has 1 heterocycles. The fourth-order valence-electron chi connectivity index (χ4n) is 4.00. The minimum atomic E-state index is 0.110. The number of nitrogens with one attached hydrogen (secondary N) is 2. The number of amides is 2. The normalized spacial score (nSPS) is 20.8. The van der Waals surface area contributed by atoms with E-state index in [9.17, 15) is 9.59 Å². The summed E-state index contributed by atoms with van der Waals surface area (Å²) < 4.78 is 0. The monoisotopic (exact) mass is 343 g/mol. The molecule has 2 fully saturated rings. The highest BCUT2D eigenvalue weighted by atomic mass is 16.2. The number of nitrogens with zero attached hydrogens (tertiary/aromatic N) is 1. The molecule has 1 aromatic rings. The smallest absolute Gasteiger partial charge is 0.254 e. The number of carbonyl (C=O) groups excluding carboxylic acids is 2. The van der Waals surface area contributed by atoms with Crippen molar-refractivity contribution in [3.63, 3.8) is 0 Å². The largest absolute Gasteiger partial charge is 0.352 e. The van der Waals surface area contributed by atoms with Crippen molar-refractivity contribution in [1.29, 1.82) is 0 Å². The van der Waals surface area contributed by atoms with E-state index in [0.29, 0.717) is 12.6 Å². The first-order valence-corrected chi connectivity index (χ1v) is 9.51. The van der Waals surface area contributed by atoms with Crippen molar-refractivity contribution in [2.24, 2.45) is 5.92 Å². The average Bonchev–Trinajstić information content (AvgIpc) is 3.32. The van der Waals surface area contributed by atoms with E-state index in [1.807, 2.05) is 36.2 Å². The Kier molecular flexibility index (Phi) is 6.08. The van der Waals surface area contributed by atoms with Crippen molar-refractivity contribution in [2.45, 2.75) is 51.1 Å². The van der Waals surface area contributed by atoms with Gasteiger partial charge in [-0.15, -0.1) is 0 Å². The highest BCUT2D eigenvalue weighted by Crippen LogP contribution is 2.24. The zero-order chi connectivity index (χ0) is 17.6. The first-order valence-electron chi connectivity index (χ1n) is 9.51. The maximum atomic E-state index is 12.7. The summed E-state index contributed by atoms with van der Waals surface area (Å²) in [6.07, 6.45) is 6.51. The predicted octanol–water partition coefficient (Wildman–Crippen LogP) is 2.32. The van der Waals surface area contributed by atoms with Gasteiger partial charge in [0.1, 0.15) is 0 Å². The van der Waals surface area contributed by atoms with Crippen LogP contribution in [0.4, 0.5) is 0 Å². The second-order valence-electron chi connectivity index (χ2n) is 7.25. The SMILES string of the molecule is CNCC1CCCN1C(=O)c1ccc(CNC(=O)C2CCCC2)cc1. The molecule has 1 unspecified atom stereocenters. The molecule has 2 N–H and O–H groups in total. The van der Waals surface area contributed by atoms with Crippen LogP contribution in [0.25, 0.3) is 0 Å². The minimum absolute atomic E-state index is 0.110. The minimum Gasteiger partial charge on any atom is -0.352 e. The summed E-state index contributed by atoms with van der Waals surface area (Å²) in [6, 6.07) is 7.96. The summed E-state index contributed by atoms with van der Waals surface area (Å²) in [5.74, 6) is 0.476. The molecule has 2 amide bonds. The van der Waals surface area contributed by atoms with Crippen molar-refractivity contribution in [3.8, 4) is 0 Å². The van der Waals surface area contributed by atoms with Gasteiger partial charge in [0.2, 0.25) is 5.91 Å². The van der Waals surface area contributed by atoms with Crippen LogP contribution in [0, 0.1) is 5.92 Å². The number of carbonyl (C=O) groups is 2. The van der Waals surface area contributed by atoms with Gasteiger partial charge in [0.25, 0.3) is 5.91 Å². The Hall–Kier alpha value is -1.88. The number of likely N-dealkylation sites (N-methyl/N-ethyl adjacent to an activating group) is 1. The molecule has 5 heteroatoms. The third kappa shape index (κ3) is 4.40. The first kappa shape index (κ1) is 17.9. The second-order valence-corrected chi connectivity index (χ2v) is 7.25. The lowest BCUT2D eigenvalue weighted by Crippen LogP contribution is -2.40. The summed E-state index contributed by atoms with van der Waals surface area (Å²) in [7, 11) is 1.93.